The Morgan fingerprint density at radius 2 is 1.54 bits per heavy atom. The molecule has 5 atom stereocenters. The standard InChI is InChI=1S/C42H56N6O6/c1-26(2)22-34(46-42(53)39(27(3)4)47(6)7)41(52)45-33(20-19-29-14-10-9-11-15-29)40(51)44-28(5)18-21-37(49)48-35(36(54-8)24-38(48)50)23-30-25-43-32-17-13-12-16-31(30)32/h9-18,21,24-28,33-35,39,43H,19-20,22-23H2,1-8H3,(H,44,51)(H,45,52)(H,46,53)/t28-,33-,34-,35-,39-/m0/s1. The molecule has 0 spiro atoms. The van der Waals surface area contributed by atoms with E-state index in [1.807, 2.05) is 107 Å². The third-order valence-electron chi connectivity index (χ3n) is 9.60. The summed E-state index contributed by atoms with van der Waals surface area (Å²) in [6, 6.07) is 14.0. The lowest BCUT2D eigenvalue weighted by atomic mass is 9.98. The van der Waals surface area contributed by atoms with Gasteiger partial charge >= 0.3 is 0 Å². The third-order valence-corrected chi connectivity index (χ3v) is 9.60. The SMILES string of the molecule is COC1=CC(=O)N(C(=O)C=C[C@H](C)NC(=O)[C@H](CCc2ccccc2)NC(=O)[C@H](CC(C)C)NC(=O)[C@H](C(C)C)N(C)C)[C@H]1Cc1c[nH]c2ccccc12. The fourth-order valence-corrected chi connectivity index (χ4v) is 7.00. The van der Waals surface area contributed by atoms with Crippen molar-refractivity contribution in [3.05, 3.63) is 95.9 Å². The Hall–Kier alpha value is -5.23. The second kappa shape index (κ2) is 19.2. The van der Waals surface area contributed by atoms with Gasteiger partial charge < -0.3 is 25.7 Å². The average molecular weight is 741 g/mol. The molecule has 54 heavy (non-hydrogen) atoms. The number of ether oxygens (including phenoxy) is 1. The molecule has 0 saturated carbocycles. The Balaban J connectivity index is 1.47. The van der Waals surface area contributed by atoms with Gasteiger partial charge in [-0.15, -0.1) is 0 Å². The van der Waals surface area contributed by atoms with E-state index < -0.39 is 53.8 Å². The molecule has 0 radical (unpaired) electrons. The average Bonchev–Trinajstić information content (AvgIpc) is 3.68. The highest BCUT2D eigenvalue weighted by molar-refractivity contribution is 6.08. The maximum atomic E-state index is 13.8. The summed E-state index contributed by atoms with van der Waals surface area (Å²) in [6.07, 6.45) is 7.56. The van der Waals surface area contributed by atoms with Gasteiger partial charge in [-0.05, 0) is 69.3 Å². The van der Waals surface area contributed by atoms with Gasteiger partial charge in [-0.3, -0.25) is 33.8 Å². The molecule has 3 aromatic rings. The summed E-state index contributed by atoms with van der Waals surface area (Å²) in [5.74, 6) is -1.67. The molecule has 12 nitrogen and oxygen atoms in total. The molecule has 0 aliphatic carbocycles. The first kappa shape index (κ1) is 41.5. The number of methoxy groups -OCH3 is 1. The lowest BCUT2D eigenvalue weighted by Gasteiger charge is -2.30. The Morgan fingerprint density at radius 1 is 0.889 bits per heavy atom. The fraction of sp³-hybridized carbons (Fsp3) is 0.452. The number of aromatic nitrogens is 1. The molecule has 1 aromatic heterocycles. The first-order valence-electron chi connectivity index (χ1n) is 18.7. The number of para-hydroxylation sites is 1. The van der Waals surface area contributed by atoms with Crippen LogP contribution in [-0.4, -0.2) is 95.7 Å². The summed E-state index contributed by atoms with van der Waals surface area (Å²) < 4.78 is 5.51. The van der Waals surface area contributed by atoms with Crippen LogP contribution in [-0.2, 0) is 41.6 Å². The number of rotatable bonds is 18. The van der Waals surface area contributed by atoms with E-state index >= 15 is 0 Å². The third kappa shape index (κ3) is 10.9. The number of nitrogens with zero attached hydrogens (tertiary/aromatic N) is 2. The number of carbonyl (C=O) groups excluding carboxylic acids is 5. The summed E-state index contributed by atoms with van der Waals surface area (Å²) in [7, 11) is 5.13. The van der Waals surface area contributed by atoms with Crippen LogP contribution >= 0.6 is 0 Å². The minimum Gasteiger partial charge on any atom is -0.499 e. The van der Waals surface area contributed by atoms with Gasteiger partial charge in [0.25, 0.3) is 11.8 Å². The zero-order valence-electron chi connectivity index (χ0n) is 32.7. The number of hydrogen-bond donors (Lipinski definition) is 4. The van der Waals surface area contributed by atoms with Crippen molar-refractivity contribution in [2.45, 2.75) is 90.5 Å². The minimum atomic E-state index is -0.931. The molecule has 1 aliphatic heterocycles. The van der Waals surface area contributed by atoms with E-state index in [1.165, 1.54) is 25.3 Å². The molecule has 4 rings (SSSR count). The van der Waals surface area contributed by atoms with Gasteiger partial charge in [-0.2, -0.15) is 0 Å². The molecule has 2 aromatic carbocycles. The van der Waals surface area contributed by atoms with Crippen molar-refractivity contribution < 1.29 is 28.7 Å². The van der Waals surface area contributed by atoms with Crippen LogP contribution in [0.2, 0.25) is 0 Å². The summed E-state index contributed by atoms with van der Waals surface area (Å²) in [4.78, 5) is 73.8. The number of aryl methyl sites for hydroxylation is 1. The van der Waals surface area contributed by atoms with E-state index in [9.17, 15) is 24.0 Å². The molecule has 1 aliphatic rings. The van der Waals surface area contributed by atoms with Crippen molar-refractivity contribution in [1.82, 2.24) is 30.7 Å². The van der Waals surface area contributed by atoms with Gasteiger partial charge in [0.15, 0.2) is 0 Å². The first-order chi connectivity index (χ1) is 25.7. The van der Waals surface area contributed by atoms with E-state index in [0.717, 1.165) is 26.9 Å². The van der Waals surface area contributed by atoms with Crippen LogP contribution < -0.4 is 16.0 Å². The molecule has 5 amide bonds. The van der Waals surface area contributed by atoms with Gasteiger partial charge in [0.2, 0.25) is 17.7 Å². The van der Waals surface area contributed by atoms with Crippen LogP contribution in [0.4, 0.5) is 0 Å². The smallest absolute Gasteiger partial charge is 0.257 e. The van der Waals surface area contributed by atoms with Crippen molar-refractivity contribution in [2.75, 3.05) is 21.2 Å². The Bertz CT molecular complexity index is 1820. The summed E-state index contributed by atoms with van der Waals surface area (Å²) >= 11 is 0. The van der Waals surface area contributed by atoms with Crippen LogP contribution in [0.5, 0.6) is 0 Å². The second-order valence-electron chi connectivity index (χ2n) is 15.0. The molecule has 0 unspecified atom stereocenters. The van der Waals surface area contributed by atoms with Crippen molar-refractivity contribution in [3.63, 3.8) is 0 Å². The lowest BCUT2D eigenvalue weighted by molar-refractivity contribution is -0.139. The minimum absolute atomic E-state index is 0.0147. The topological polar surface area (TPSA) is 153 Å². The van der Waals surface area contributed by atoms with Crippen LogP contribution in [0.15, 0.2) is 84.8 Å². The number of hydrogen-bond acceptors (Lipinski definition) is 7. The number of imide groups is 1. The number of fused-ring (bicyclic) bond motifs is 1. The maximum absolute atomic E-state index is 13.8. The highest BCUT2D eigenvalue weighted by Crippen LogP contribution is 2.28. The van der Waals surface area contributed by atoms with E-state index in [-0.39, 0.29) is 17.7 Å². The summed E-state index contributed by atoms with van der Waals surface area (Å²) in [5, 5.41) is 9.76. The fourth-order valence-electron chi connectivity index (χ4n) is 7.00. The highest BCUT2D eigenvalue weighted by atomic mass is 16.5. The normalized spacial score (nSPS) is 16.8. The van der Waals surface area contributed by atoms with Crippen LogP contribution in [0.25, 0.3) is 10.9 Å². The monoisotopic (exact) mass is 740 g/mol. The van der Waals surface area contributed by atoms with Crippen LogP contribution in [0.3, 0.4) is 0 Å². The van der Waals surface area contributed by atoms with Gasteiger partial charge in [0.1, 0.15) is 23.9 Å². The molecular formula is C42H56N6O6. The number of benzene rings is 2. The van der Waals surface area contributed by atoms with Crippen LogP contribution in [0, 0.1) is 11.8 Å². The molecule has 4 N–H and O–H groups in total. The van der Waals surface area contributed by atoms with E-state index in [4.69, 9.17) is 4.74 Å². The van der Waals surface area contributed by atoms with Gasteiger partial charge in [0, 0.05) is 41.7 Å². The van der Waals surface area contributed by atoms with E-state index in [0.29, 0.717) is 31.4 Å². The number of aromatic amines is 1. The Kier molecular flexibility index (Phi) is 14.8. The molecule has 0 bridgehead atoms. The van der Waals surface area contributed by atoms with Crippen molar-refractivity contribution in [2.24, 2.45) is 11.8 Å². The number of nitrogens with one attached hydrogen (secondary N) is 4. The maximum Gasteiger partial charge on any atom is 0.257 e. The Morgan fingerprint density at radius 3 is 2.19 bits per heavy atom. The number of likely N-dealkylation sites (N-methyl/N-ethyl adjacent to an activating group) is 1. The second-order valence-corrected chi connectivity index (χ2v) is 15.0. The molecule has 290 valence electrons. The van der Waals surface area contributed by atoms with E-state index in [2.05, 4.69) is 20.9 Å². The zero-order valence-corrected chi connectivity index (χ0v) is 32.7. The van der Waals surface area contributed by atoms with E-state index in [1.54, 1.807) is 6.92 Å². The zero-order chi connectivity index (χ0) is 39.5. The predicted molar refractivity (Wildman–Crippen MR) is 210 cm³/mol. The van der Waals surface area contributed by atoms with Gasteiger partial charge in [-0.1, -0.05) is 82.3 Å². The van der Waals surface area contributed by atoms with Gasteiger partial charge in [-0.25, -0.2) is 0 Å². The first-order valence-corrected chi connectivity index (χ1v) is 18.7. The highest BCUT2D eigenvalue weighted by Gasteiger charge is 2.38. The number of amides is 5. The molecule has 0 saturated heterocycles. The van der Waals surface area contributed by atoms with Crippen molar-refractivity contribution in [1.29, 1.82) is 0 Å². The predicted octanol–water partition coefficient (Wildman–Crippen LogP) is 4.27. The molecule has 0 fully saturated rings. The largest absolute Gasteiger partial charge is 0.499 e. The number of H-pyrrole nitrogens is 1. The summed E-state index contributed by atoms with van der Waals surface area (Å²) in [5.41, 5.74) is 2.89. The quantitative estimate of drug-likeness (QED) is 0.142. The summed E-state index contributed by atoms with van der Waals surface area (Å²) in [6.45, 7) is 9.56. The van der Waals surface area contributed by atoms with Crippen molar-refractivity contribution >= 4 is 40.4 Å². The van der Waals surface area contributed by atoms with Crippen molar-refractivity contribution in [3.8, 4) is 0 Å². The van der Waals surface area contributed by atoms with Crippen LogP contribution in [0.1, 0.15) is 58.6 Å². The van der Waals surface area contributed by atoms with Gasteiger partial charge in [0.05, 0.1) is 13.2 Å². The molecule has 12 heteroatoms. The Labute approximate surface area is 318 Å². The molecule has 2 heterocycles. The number of carbonyl (C=O) groups is 5. The lowest BCUT2D eigenvalue weighted by Crippen LogP contribution is -2.57. The molecular weight excluding hydrogens is 684 g/mol.